The van der Waals surface area contributed by atoms with Crippen molar-refractivity contribution in [3.05, 3.63) is 71.3 Å². The third kappa shape index (κ3) is 2.43. The highest BCUT2D eigenvalue weighted by Crippen LogP contribution is 2.29. The van der Waals surface area contributed by atoms with E-state index in [-0.39, 0.29) is 11.5 Å². The standard InChI is InChI=1S/C17H12O4/c1-20-12-6-4-5-11(9-12)15(18)10-16-13-7-2-3-8-14(13)17(19)21-16/h2-10H,1H3. The summed E-state index contributed by atoms with van der Waals surface area (Å²) in [5.41, 5.74) is 1.59. The first-order chi connectivity index (χ1) is 10.2. The van der Waals surface area contributed by atoms with Crippen molar-refractivity contribution < 1.29 is 19.1 Å². The monoisotopic (exact) mass is 280 g/mol. The molecule has 104 valence electrons. The van der Waals surface area contributed by atoms with E-state index < -0.39 is 5.97 Å². The van der Waals surface area contributed by atoms with Gasteiger partial charge in [0, 0.05) is 17.2 Å². The Kier molecular flexibility index (Phi) is 3.28. The minimum atomic E-state index is -0.435. The highest BCUT2D eigenvalue weighted by atomic mass is 16.5. The third-order valence-electron chi connectivity index (χ3n) is 3.23. The maximum atomic E-state index is 12.3. The zero-order chi connectivity index (χ0) is 14.8. The summed E-state index contributed by atoms with van der Waals surface area (Å²) in [4.78, 5) is 24.0. The van der Waals surface area contributed by atoms with Gasteiger partial charge in [-0.15, -0.1) is 0 Å². The molecule has 1 aliphatic heterocycles. The van der Waals surface area contributed by atoms with Crippen LogP contribution in [0, 0.1) is 0 Å². The van der Waals surface area contributed by atoms with E-state index in [0.717, 1.165) is 0 Å². The van der Waals surface area contributed by atoms with Gasteiger partial charge in [-0.25, -0.2) is 4.79 Å². The fourth-order valence-corrected chi connectivity index (χ4v) is 2.17. The van der Waals surface area contributed by atoms with E-state index in [2.05, 4.69) is 0 Å². The number of carbonyl (C=O) groups excluding carboxylic acids is 2. The lowest BCUT2D eigenvalue weighted by Crippen LogP contribution is -1.97. The average Bonchev–Trinajstić information content (AvgIpc) is 2.84. The van der Waals surface area contributed by atoms with Crippen LogP contribution in [0.25, 0.3) is 5.76 Å². The Morgan fingerprint density at radius 3 is 2.62 bits per heavy atom. The summed E-state index contributed by atoms with van der Waals surface area (Å²) in [5, 5.41) is 0. The topological polar surface area (TPSA) is 52.6 Å². The summed E-state index contributed by atoms with van der Waals surface area (Å²) in [6.07, 6.45) is 1.33. The molecular formula is C17H12O4. The van der Waals surface area contributed by atoms with E-state index in [9.17, 15) is 9.59 Å². The van der Waals surface area contributed by atoms with E-state index >= 15 is 0 Å². The normalized spacial score (nSPS) is 14.7. The number of allylic oxidation sites excluding steroid dienone is 1. The van der Waals surface area contributed by atoms with E-state index in [1.54, 1.807) is 48.5 Å². The maximum absolute atomic E-state index is 12.3. The van der Waals surface area contributed by atoms with Crippen molar-refractivity contribution in [2.45, 2.75) is 0 Å². The number of esters is 1. The van der Waals surface area contributed by atoms with Crippen LogP contribution in [0.5, 0.6) is 5.75 Å². The van der Waals surface area contributed by atoms with Crippen LogP contribution < -0.4 is 4.74 Å². The number of benzene rings is 2. The number of rotatable bonds is 3. The molecule has 0 saturated heterocycles. The number of fused-ring (bicyclic) bond motifs is 1. The molecular weight excluding hydrogens is 268 g/mol. The smallest absolute Gasteiger partial charge is 0.344 e. The maximum Gasteiger partial charge on any atom is 0.344 e. The molecule has 0 saturated carbocycles. The summed E-state index contributed by atoms with van der Waals surface area (Å²) < 4.78 is 10.2. The number of ether oxygens (including phenoxy) is 2. The van der Waals surface area contributed by atoms with Gasteiger partial charge in [0.05, 0.1) is 12.7 Å². The van der Waals surface area contributed by atoms with Gasteiger partial charge in [0.2, 0.25) is 0 Å². The summed E-state index contributed by atoms with van der Waals surface area (Å²) in [6, 6.07) is 13.8. The Labute approximate surface area is 121 Å². The fraction of sp³-hybridized carbons (Fsp3) is 0.0588. The van der Waals surface area contributed by atoms with Crippen LogP contribution in [0.4, 0.5) is 0 Å². The summed E-state index contributed by atoms with van der Waals surface area (Å²) in [6.45, 7) is 0. The van der Waals surface area contributed by atoms with Gasteiger partial charge in [-0.2, -0.15) is 0 Å². The van der Waals surface area contributed by atoms with Gasteiger partial charge in [-0.05, 0) is 18.2 Å². The van der Waals surface area contributed by atoms with Gasteiger partial charge in [-0.3, -0.25) is 4.79 Å². The average molecular weight is 280 g/mol. The van der Waals surface area contributed by atoms with Crippen LogP contribution in [0.2, 0.25) is 0 Å². The number of methoxy groups -OCH3 is 1. The van der Waals surface area contributed by atoms with Crippen molar-refractivity contribution in [3.8, 4) is 5.75 Å². The lowest BCUT2D eigenvalue weighted by molar-refractivity contribution is 0.0715. The Morgan fingerprint density at radius 1 is 1.10 bits per heavy atom. The Bertz CT molecular complexity index is 759. The first-order valence-corrected chi connectivity index (χ1v) is 6.40. The van der Waals surface area contributed by atoms with Gasteiger partial charge >= 0.3 is 5.97 Å². The number of carbonyl (C=O) groups is 2. The quantitative estimate of drug-likeness (QED) is 0.492. The van der Waals surface area contributed by atoms with Crippen LogP contribution in [-0.4, -0.2) is 18.9 Å². The van der Waals surface area contributed by atoms with Crippen LogP contribution in [0.1, 0.15) is 26.3 Å². The van der Waals surface area contributed by atoms with Crippen molar-refractivity contribution in [2.75, 3.05) is 7.11 Å². The highest BCUT2D eigenvalue weighted by molar-refractivity contribution is 6.12. The van der Waals surface area contributed by atoms with Gasteiger partial charge < -0.3 is 9.47 Å². The first-order valence-electron chi connectivity index (χ1n) is 6.40. The molecule has 0 spiro atoms. The second-order valence-electron chi connectivity index (χ2n) is 4.54. The van der Waals surface area contributed by atoms with Crippen molar-refractivity contribution >= 4 is 17.5 Å². The lowest BCUT2D eigenvalue weighted by Gasteiger charge is -2.02. The molecule has 2 aromatic carbocycles. The molecule has 0 radical (unpaired) electrons. The van der Waals surface area contributed by atoms with Crippen molar-refractivity contribution in [1.29, 1.82) is 0 Å². The molecule has 0 aromatic heterocycles. The molecule has 0 fully saturated rings. The SMILES string of the molecule is COc1cccc(C(=O)C=C2OC(=O)c3ccccc32)c1. The molecule has 1 aliphatic rings. The number of hydrogen-bond acceptors (Lipinski definition) is 4. The zero-order valence-corrected chi connectivity index (χ0v) is 11.3. The number of cyclic esters (lactones) is 1. The minimum Gasteiger partial charge on any atom is -0.497 e. The van der Waals surface area contributed by atoms with E-state index in [0.29, 0.717) is 22.4 Å². The second kappa shape index (κ2) is 5.25. The van der Waals surface area contributed by atoms with E-state index in [1.807, 2.05) is 0 Å². The summed E-state index contributed by atoms with van der Waals surface area (Å²) in [5.74, 6) is 0.204. The molecule has 4 nitrogen and oxygen atoms in total. The van der Waals surface area contributed by atoms with Crippen LogP contribution in [-0.2, 0) is 4.74 Å². The molecule has 0 aliphatic carbocycles. The van der Waals surface area contributed by atoms with Gasteiger partial charge in [0.1, 0.15) is 11.5 Å². The fourth-order valence-electron chi connectivity index (χ4n) is 2.17. The van der Waals surface area contributed by atoms with Crippen molar-refractivity contribution in [3.63, 3.8) is 0 Å². The predicted octanol–water partition coefficient (Wildman–Crippen LogP) is 3.09. The molecule has 4 heteroatoms. The van der Waals surface area contributed by atoms with E-state index in [1.165, 1.54) is 13.2 Å². The van der Waals surface area contributed by atoms with Crippen LogP contribution in [0.3, 0.4) is 0 Å². The molecule has 21 heavy (non-hydrogen) atoms. The van der Waals surface area contributed by atoms with Crippen LogP contribution >= 0.6 is 0 Å². The van der Waals surface area contributed by atoms with Gasteiger partial charge in [0.15, 0.2) is 5.78 Å². The van der Waals surface area contributed by atoms with Crippen molar-refractivity contribution in [1.82, 2.24) is 0 Å². The second-order valence-corrected chi connectivity index (χ2v) is 4.54. The van der Waals surface area contributed by atoms with Gasteiger partial charge in [0.25, 0.3) is 0 Å². The first kappa shape index (κ1) is 13.1. The van der Waals surface area contributed by atoms with Crippen LogP contribution in [0.15, 0.2) is 54.6 Å². The summed E-state index contributed by atoms with van der Waals surface area (Å²) in [7, 11) is 1.54. The molecule has 3 rings (SSSR count). The lowest BCUT2D eigenvalue weighted by atomic mass is 10.1. The molecule has 2 aromatic rings. The molecule has 0 unspecified atom stereocenters. The highest BCUT2D eigenvalue weighted by Gasteiger charge is 2.26. The van der Waals surface area contributed by atoms with E-state index in [4.69, 9.17) is 9.47 Å². The molecule has 0 amide bonds. The molecule has 0 bridgehead atoms. The molecule has 0 N–H and O–H groups in total. The van der Waals surface area contributed by atoms with Crippen molar-refractivity contribution in [2.24, 2.45) is 0 Å². The Morgan fingerprint density at radius 2 is 1.86 bits per heavy atom. The van der Waals surface area contributed by atoms with Gasteiger partial charge in [-0.1, -0.05) is 30.3 Å². The largest absolute Gasteiger partial charge is 0.497 e. The molecule has 1 heterocycles. The minimum absolute atomic E-state index is 0.242. The Balaban J connectivity index is 1.96. The third-order valence-corrected chi connectivity index (χ3v) is 3.23. The Hall–Kier alpha value is -2.88. The number of hydrogen-bond donors (Lipinski definition) is 0. The number of ketones is 1. The zero-order valence-electron chi connectivity index (χ0n) is 11.3. The summed E-state index contributed by atoms with van der Waals surface area (Å²) >= 11 is 0. The molecule has 0 atom stereocenters. The predicted molar refractivity (Wildman–Crippen MR) is 77.2 cm³/mol.